The van der Waals surface area contributed by atoms with E-state index in [-0.39, 0.29) is 24.7 Å². The number of aliphatic hydroxyl groups is 1. The van der Waals surface area contributed by atoms with Gasteiger partial charge in [0.1, 0.15) is 24.6 Å². The van der Waals surface area contributed by atoms with Crippen LogP contribution in [0.4, 0.5) is 0 Å². The predicted octanol–water partition coefficient (Wildman–Crippen LogP) is -1.68. The van der Waals surface area contributed by atoms with E-state index in [4.69, 9.17) is 10.7 Å². The molecule has 37 heavy (non-hydrogen) atoms. The van der Waals surface area contributed by atoms with Crippen LogP contribution in [-0.4, -0.2) is 52.0 Å². The van der Waals surface area contributed by atoms with Gasteiger partial charge in [-0.2, -0.15) is 0 Å². The molecule has 0 bridgehead atoms. The number of rotatable bonds is 9. The highest BCUT2D eigenvalue weighted by Crippen LogP contribution is 2.07. The number of hydrogen-bond acceptors (Lipinski definition) is 4. The third kappa shape index (κ3) is 5.19. The van der Waals surface area contributed by atoms with Crippen molar-refractivity contribution >= 4 is 29.7 Å². The van der Waals surface area contributed by atoms with Crippen molar-refractivity contribution in [2.45, 2.75) is 44.4 Å². The Morgan fingerprint density at radius 2 is 2.16 bits per heavy atom. The van der Waals surface area contributed by atoms with Gasteiger partial charge in [-0.3, -0.25) is 9.59 Å². The maximum atomic E-state index is 12.7. The second-order valence-electron chi connectivity index (χ2n) is 9.40. The van der Waals surface area contributed by atoms with Crippen molar-refractivity contribution in [2.75, 3.05) is 13.7 Å². The maximum Gasteiger partial charge on any atom is 0.292 e. The average molecular weight is 502 g/mol. The average Bonchev–Trinajstić information content (AvgIpc) is 3.62. The number of imidazole rings is 1. The minimum absolute atomic E-state index is 0.0521. The van der Waals surface area contributed by atoms with Gasteiger partial charge < -0.3 is 15.4 Å². The van der Waals surface area contributed by atoms with E-state index >= 15 is 0 Å². The number of aliphatic imine (C=N–C) groups is 1. The summed E-state index contributed by atoms with van der Waals surface area (Å²) in [5, 5.41) is 14.0. The Hall–Kier alpha value is -4.18. The lowest BCUT2D eigenvalue weighted by atomic mass is 10.1. The minimum Gasteiger partial charge on any atom is -0.392 e. The summed E-state index contributed by atoms with van der Waals surface area (Å²) in [7, 11) is 2.00. The summed E-state index contributed by atoms with van der Waals surface area (Å²) >= 11 is 0. The lowest BCUT2D eigenvalue weighted by molar-refractivity contribution is -0.724. The zero-order chi connectivity index (χ0) is 25.9. The second-order valence-corrected chi connectivity index (χ2v) is 9.40. The van der Waals surface area contributed by atoms with E-state index in [9.17, 15) is 14.7 Å². The van der Waals surface area contributed by atoms with Gasteiger partial charge in [0.15, 0.2) is 0 Å². The number of carbonyl (C=O) groups excluding carboxylic acids is 2. The standard InChI is InChI=1S/C27H29N7O3/c1-32-23-5-3-2-4-21(23)31-25(32)8-9-26(36)30-19-7-6-18-10-12-33(24(18)14-19)13-11-20(16-35)34-15-22(27(28)37)29-17-34/h2-6,10,12,14-15,17,20,25,35H,7-9,11,13,16H2,1H3,(H-,28,37)/p+2/t20-,25?/m0/s1. The molecule has 0 saturated heterocycles. The molecule has 2 atom stereocenters. The molecule has 2 aromatic heterocycles. The molecule has 0 spiro atoms. The van der Waals surface area contributed by atoms with E-state index in [2.05, 4.69) is 25.2 Å². The van der Waals surface area contributed by atoms with E-state index in [1.54, 1.807) is 17.1 Å². The monoisotopic (exact) mass is 501 g/mol. The van der Waals surface area contributed by atoms with Gasteiger partial charge in [0, 0.05) is 49.8 Å². The van der Waals surface area contributed by atoms with Crippen LogP contribution in [0, 0.1) is 0 Å². The Kier molecular flexibility index (Phi) is 6.91. The molecule has 10 nitrogen and oxygen atoms in total. The van der Waals surface area contributed by atoms with Crippen molar-refractivity contribution in [3.05, 3.63) is 76.0 Å². The molecule has 1 aromatic carbocycles. The molecular formula is C27H31N7O3+2. The number of aryl methyl sites for hydroxylation is 1. The fraction of sp³-hybridized carbons (Fsp3) is 0.333. The van der Waals surface area contributed by atoms with Gasteiger partial charge in [-0.05, 0) is 23.4 Å². The number of nitrogens with zero attached hydrogens (tertiary/aromatic N) is 5. The van der Waals surface area contributed by atoms with Crippen LogP contribution in [0.15, 0.2) is 59.0 Å². The zero-order valence-corrected chi connectivity index (χ0v) is 20.7. The van der Waals surface area contributed by atoms with Crippen molar-refractivity contribution in [2.24, 2.45) is 15.7 Å². The van der Waals surface area contributed by atoms with E-state index < -0.39 is 5.91 Å². The Morgan fingerprint density at radius 3 is 2.92 bits per heavy atom. The normalized spacial score (nSPS) is 17.9. The largest absolute Gasteiger partial charge is 0.392 e. The second kappa shape index (κ2) is 10.4. The van der Waals surface area contributed by atoms with Crippen LogP contribution in [-0.2, 0) is 11.3 Å². The smallest absolute Gasteiger partial charge is 0.292 e. The van der Waals surface area contributed by atoms with Crippen molar-refractivity contribution in [3.8, 4) is 0 Å². The molecule has 3 heterocycles. The molecule has 1 aliphatic heterocycles. The number of amides is 2. The quantitative estimate of drug-likeness (QED) is 0.303. The highest BCUT2D eigenvalue weighted by atomic mass is 16.3. The van der Waals surface area contributed by atoms with Gasteiger partial charge in [0.25, 0.3) is 5.91 Å². The number of hydrogen-bond donors (Lipinski definition) is 3. The van der Waals surface area contributed by atoms with Crippen LogP contribution in [0.3, 0.4) is 0 Å². The molecule has 0 saturated carbocycles. The van der Waals surface area contributed by atoms with E-state index in [0.717, 1.165) is 27.0 Å². The molecule has 10 heteroatoms. The zero-order valence-electron chi connectivity index (χ0n) is 20.7. The van der Waals surface area contributed by atoms with Crippen molar-refractivity contribution in [1.82, 2.24) is 14.1 Å². The number of primary amides is 1. The van der Waals surface area contributed by atoms with Crippen molar-refractivity contribution < 1.29 is 19.3 Å². The van der Waals surface area contributed by atoms with Crippen LogP contribution >= 0.6 is 0 Å². The van der Waals surface area contributed by atoms with Crippen LogP contribution in [0.5, 0.6) is 0 Å². The van der Waals surface area contributed by atoms with Crippen molar-refractivity contribution in [1.29, 1.82) is 0 Å². The summed E-state index contributed by atoms with van der Waals surface area (Å²) in [5.74, 6) is -0.689. The molecule has 1 unspecified atom stereocenters. The first-order valence-corrected chi connectivity index (χ1v) is 12.4. The van der Waals surface area contributed by atoms with Gasteiger partial charge in [-0.1, -0.05) is 18.2 Å². The Bertz CT molecular complexity index is 1630. The summed E-state index contributed by atoms with van der Waals surface area (Å²) < 4.78 is 5.97. The fourth-order valence-electron chi connectivity index (χ4n) is 4.89. The van der Waals surface area contributed by atoms with Gasteiger partial charge in [-0.15, -0.1) is 0 Å². The number of aromatic nitrogens is 3. The fourth-order valence-corrected chi connectivity index (χ4v) is 4.89. The molecule has 1 aliphatic carbocycles. The Labute approximate surface area is 213 Å². The molecule has 3 aromatic rings. The summed E-state index contributed by atoms with van der Waals surface area (Å²) in [6, 6.07) is 9.83. The molecule has 4 N–H and O–H groups in total. The summed E-state index contributed by atoms with van der Waals surface area (Å²) in [6.07, 6.45) is 11.4. The van der Waals surface area contributed by atoms with Gasteiger partial charge >= 0.3 is 0 Å². The van der Waals surface area contributed by atoms with Gasteiger partial charge in [0.2, 0.25) is 29.5 Å². The molecule has 190 valence electrons. The predicted molar refractivity (Wildman–Crippen MR) is 137 cm³/mol. The van der Waals surface area contributed by atoms with Gasteiger partial charge in [0.05, 0.1) is 12.3 Å². The van der Waals surface area contributed by atoms with Crippen LogP contribution in [0.1, 0.15) is 42.2 Å². The molecule has 0 radical (unpaired) electrons. The number of H-pyrrole nitrogens is 1. The minimum atomic E-state index is -0.545. The number of nitrogens with two attached hydrogens (primary N) is 1. The number of para-hydroxylation sites is 2. The number of aromatic amines is 1. The number of fused-ring (bicyclic) bond motifs is 2. The van der Waals surface area contributed by atoms with Crippen LogP contribution in [0.2, 0.25) is 0 Å². The molecule has 2 amide bonds. The number of nitrogens with one attached hydrogen (secondary N) is 1. The summed E-state index contributed by atoms with van der Waals surface area (Å²) in [6.45, 7) is 0.571. The van der Waals surface area contributed by atoms with Gasteiger partial charge in [-0.25, -0.2) is 24.1 Å². The first kappa shape index (κ1) is 24.5. The Morgan fingerprint density at radius 1 is 1.32 bits per heavy atom. The molecule has 2 aliphatic rings. The maximum absolute atomic E-state index is 12.7. The molecule has 0 fully saturated rings. The summed E-state index contributed by atoms with van der Waals surface area (Å²) in [4.78, 5) is 36.0. The Balaban J connectivity index is 1.25. The lowest BCUT2D eigenvalue weighted by Gasteiger charge is -2.12. The van der Waals surface area contributed by atoms with Crippen LogP contribution in [0.25, 0.3) is 12.2 Å². The first-order chi connectivity index (χ1) is 17.9. The highest BCUT2D eigenvalue weighted by Gasteiger charge is 2.23. The lowest BCUT2D eigenvalue weighted by Crippen LogP contribution is -2.41. The van der Waals surface area contributed by atoms with E-state index in [1.807, 2.05) is 49.7 Å². The number of aliphatic hydroxyl groups excluding tert-OH is 1. The summed E-state index contributed by atoms with van der Waals surface area (Å²) in [5.41, 5.74) is 6.35. The van der Waals surface area contributed by atoms with Crippen LogP contribution < -0.4 is 36.2 Å². The van der Waals surface area contributed by atoms with E-state index in [1.165, 1.54) is 0 Å². The number of benzene rings is 1. The van der Waals surface area contributed by atoms with E-state index in [0.29, 0.717) is 37.9 Å². The van der Waals surface area contributed by atoms with Crippen molar-refractivity contribution in [3.63, 3.8) is 0 Å². The first-order valence-electron chi connectivity index (χ1n) is 12.4. The third-order valence-electron chi connectivity index (χ3n) is 7.00. The third-order valence-corrected chi connectivity index (χ3v) is 7.00. The number of carbonyl (C=O) groups is 2. The highest BCUT2D eigenvalue weighted by molar-refractivity contribution is 6.16. The SMILES string of the molecule is C[N+]1=c2ccccc2=NC1CCC(=O)N=C1C=c2c(ccn2CC[C@@H](CO)[n+]2c[nH]c(C(N)=O)c2)=CC1. The molecular weight excluding hydrogens is 470 g/mol. The molecule has 5 rings (SSSR count). The topological polar surface area (TPSA) is 133 Å².